The minimum absolute atomic E-state index is 0.0260. The minimum atomic E-state index is -4.61. The SMILES string of the molecule is COC(=O)c1ccc(Cl)c(S(=O)(=O)N2CCCC2c2ccccc2C(F)(F)F)c1. The maximum Gasteiger partial charge on any atom is 0.416 e. The van der Waals surface area contributed by atoms with Crippen molar-refractivity contribution in [1.29, 1.82) is 0 Å². The lowest BCUT2D eigenvalue weighted by atomic mass is 9.99. The molecule has 1 saturated heterocycles. The third kappa shape index (κ3) is 4.12. The molecule has 0 radical (unpaired) electrons. The number of esters is 1. The number of sulfonamides is 1. The van der Waals surface area contributed by atoms with E-state index < -0.39 is 33.8 Å². The molecule has 1 heterocycles. The van der Waals surface area contributed by atoms with Crippen LogP contribution in [0.1, 0.15) is 40.4 Å². The van der Waals surface area contributed by atoms with Crippen molar-refractivity contribution >= 4 is 27.6 Å². The summed E-state index contributed by atoms with van der Waals surface area (Å²) in [6.07, 6.45) is -3.98. The lowest BCUT2D eigenvalue weighted by Gasteiger charge is -2.27. The smallest absolute Gasteiger partial charge is 0.416 e. The van der Waals surface area contributed by atoms with Crippen molar-refractivity contribution in [3.05, 3.63) is 64.2 Å². The molecule has 2 aromatic rings. The maximum atomic E-state index is 13.5. The molecule has 1 aliphatic rings. The molecule has 1 aliphatic heterocycles. The Morgan fingerprint density at radius 1 is 1.21 bits per heavy atom. The van der Waals surface area contributed by atoms with Crippen LogP contribution < -0.4 is 0 Å². The van der Waals surface area contributed by atoms with Gasteiger partial charge in [-0.1, -0.05) is 29.8 Å². The number of methoxy groups -OCH3 is 1. The average Bonchev–Trinajstić information content (AvgIpc) is 3.17. The molecule has 29 heavy (non-hydrogen) atoms. The fraction of sp³-hybridized carbons (Fsp3) is 0.316. The first-order chi connectivity index (χ1) is 13.6. The highest BCUT2D eigenvalue weighted by atomic mass is 35.5. The van der Waals surface area contributed by atoms with Gasteiger partial charge in [0, 0.05) is 6.54 Å². The van der Waals surface area contributed by atoms with Gasteiger partial charge >= 0.3 is 12.1 Å². The Balaban J connectivity index is 2.08. The van der Waals surface area contributed by atoms with E-state index in [0.29, 0.717) is 6.42 Å². The first kappa shape index (κ1) is 21.6. The van der Waals surface area contributed by atoms with E-state index in [1.807, 2.05) is 0 Å². The summed E-state index contributed by atoms with van der Waals surface area (Å²) >= 11 is 6.07. The van der Waals surface area contributed by atoms with Gasteiger partial charge in [0.15, 0.2) is 0 Å². The van der Waals surface area contributed by atoms with E-state index in [0.717, 1.165) is 23.5 Å². The van der Waals surface area contributed by atoms with Crippen LogP contribution in [0.5, 0.6) is 0 Å². The van der Waals surface area contributed by atoms with E-state index in [4.69, 9.17) is 11.6 Å². The first-order valence-corrected chi connectivity index (χ1v) is 10.4. The lowest BCUT2D eigenvalue weighted by Crippen LogP contribution is -2.32. The number of halogens is 4. The van der Waals surface area contributed by atoms with E-state index in [1.54, 1.807) is 0 Å². The maximum absolute atomic E-state index is 13.5. The molecule has 1 fully saturated rings. The number of benzene rings is 2. The van der Waals surface area contributed by atoms with Crippen molar-refractivity contribution in [3.8, 4) is 0 Å². The Morgan fingerprint density at radius 3 is 2.55 bits per heavy atom. The zero-order chi connectivity index (χ0) is 21.4. The molecule has 1 atom stereocenters. The topological polar surface area (TPSA) is 63.7 Å². The summed E-state index contributed by atoms with van der Waals surface area (Å²) in [5.41, 5.74) is -1.01. The predicted molar refractivity (Wildman–Crippen MR) is 100 cm³/mol. The Labute approximate surface area is 171 Å². The van der Waals surface area contributed by atoms with Crippen molar-refractivity contribution in [3.63, 3.8) is 0 Å². The normalized spacial score (nSPS) is 18.0. The molecule has 3 rings (SSSR count). The van der Waals surface area contributed by atoms with E-state index in [1.165, 1.54) is 30.3 Å². The van der Waals surface area contributed by atoms with Gasteiger partial charge in [0.2, 0.25) is 10.0 Å². The third-order valence-electron chi connectivity index (χ3n) is 4.77. The standard InChI is InChI=1S/C19H17ClF3NO4S/c1-28-18(25)12-8-9-15(20)17(11-12)29(26,27)24-10-4-7-16(24)13-5-2-3-6-14(13)19(21,22)23/h2-3,5-6,8-9,11,16H,4,7,10H2,1H3. The monoisotopic (exact) mass is 447 g/mol. The highest BCUT2D eigenvalue weighted by molar-refractivity contribution is 7.89. The second kappa shape index (κ2) is 7.97. The van der Waals surface area contributed by atoms with E-state index in [9.17, 15) is 26.4 Å². The second-order valence-corrected chi connectivity index (χ2v) is 8.76. The molecule has 1 unspecified atom stereocenters. The number of ether oxygens (including phenoxy) is 1. The molecule has 0 saturated carbocycles. The van der Waals surface area contributed by atoms with Crippen molar-refractivity contribution in [2.75, 3.05) is 13.7 Å². The zero-order valence-electron chi connectivity index (χ0n) is 15.2. The van der Waals surface area contributed by atoms with Gasteiger partial charge in [0.1, 0.15) is 4.90 Å². The molecular weight excluding hydrogens is 431 g/mol. The Hall–Kier alpha value is -2.10. The van der Waals surface area contributed by atoms with E-state index in [-0.39, 0.29) is 34.0 Å². The highest BCUT2D eigenvalue weighted by Gasteiger charge is 2.42. The highest BCUT2D eigenvalue weighted by Crippen LogP contribution is 2.43. The Kier molecular flexibility index (Phi) is 5.93. The van der Waals surface area contributed by atoms with Crippen LogP contribution in [0.15, 0.2) is 47.4 Å². The molecule has 0 amide bonds. The number of carbonyl (C=O) groups is 1. The molecule has 0 aliphatic carbocycles. The number of nitrogens with zero attached hydrogens (tertiary/aromatic N) is 1. The fourth-order valence-corrected chi connectivity index (χ4v) is 5.63. The van der Waals surface area contributed by atoms with Crippen LogP contribution >= 0.6 is 11.6 Å². The van der Waals surface area contributed by atoms with Crippen LogP contribution in [0, 0.1) is 0 Å². The van der Waals surface area contributed by atoms with Crippen LogP contribution in [0.2, 0.25) is 5.02 Å². The molecule has 0 spiro atoms. The molecule has 156 valence electrons. The number of hydrogen-bond acceptors (Lipinski definition) is 4. The van der Waals surface area contributed by atoms with Gasteiger partial charge in [-0.3, -0.25) is 0 Å². The quantitative estimate of drug-likeness (QED) is 0.639. The Bertz CT molecular complexity index is 1040. The third-order valence-corrected chi connectivity index (χ3v) is 7.16. The van der Waals surface area contributed by atoms with Gasteiger partial charge in [-0.2, -0.15) is 17.5 Å². The van der Waals surface area contributed by atoms with Gasteiger partial charge in [0.05, 0.1) is 29.3 Å². The van der Waals surface area contributed by atoms with E-state index >= 15 is 0 Å². The second-order valence-electron chi connectivity index (χ2n) is 6.50. The molecule has 5 nitrogen and oxygen atoms in total. The Morgan fingerprint density at radius 2 is 1.90 bits per heavy atom. The molecular formula is C19H17ClF3NO4S. The summed E-state index contributed by atoms with van der Waals surface area (Å²) in [6.45, 7) is 0.0397. The zero-order valence-corrected chi connectivity index (χ0v) is 16.8. The van der Waals surface area contributed by atoms with Gasteiger partial charge in [-0.05, 0) is 42.7 Å². The van der Waals surface area contributed by atoms with Gasteiger partial charge < -0.3 is 4.74 Å². The number of alkyl halides is 3. The number of carbonyl (C=O) groups excluding carboxylic acids is 1. The number of hydrogen-bond donors (Lipinski definition) is 0. The van der Waals surface area contributed by atoms with Crippen molar-refractivity contribution in [2.24, 2.45) is 0 Å². The van der Waals surface area contributed by atoms with Crippen LogP contribution in [0.25, 0.3) is 0 Å². The lowest BCUT2D eigenvalue weighted by molar-refractivity contribution is -0.138. The largest absolute Gasteiger partial charge is 0.465 e. The van der Waals surface area contributed by atoms with Crippen LogP contribution in [-0.2, 0) is 20.9 Å². The van der Waals surface area contributed by atoms with Gasteiger partial charge in [-0.25, -0.2) is 13.2 Å². The summed E-state index contributed by atoms with van der Waals surface area (Å²) in [5.74, 6) is -0.751. The van der Waals surface area contributed by atoms with Crippen LogP contribution in [0.3, 0.4) is 0 Å². The molecule has 2 aromatic carbocycles. The molecule has 10 heteroatoms. The van der Waals surface area contributed by atoms with Crippen molar-refractivity contribution < 1.29 is 31.1 Å². The van der Waals surface area contributed by atoms with Gasteiger partial charge in [0.25, 0.3) is 0 Å². The molecule has 0 N–H and O–H groups in total. The van der Waals surface area contributed by atoms with Crippen LogP contribution in [-0.4, -0.2) is 32.3 Å². The summed E-state index contributed by atoms with van der Waals surface area (Å²) in [5, 5.41) is -0.132. The summed E-state index contributed by atoms with van der Waals surface area (Å²) in [6, 6.07) is 7.57. The van der Waals surface area contributed by atoms with Crippen molar-refractivity contribution in [2.45, 2.75) is 30.0 Å². The summed E-state index contributed by atoms with van der Waals surface area (Å²) < 4.78 is 72.5. The van der Waals surface area contributed by atoms with Crippen LogP contribution in [0.4, 0.5) is 13.2 Å². The average molecular weight is 448 g/mol. The summed E-state index contributed by atoms with van der Waals surface area (Å²) in [4.78, 5) is 11.4. The van der Waals surface area contributed by atoms with Gasteiger partial charge in [-0.15, -0.1) is 0 Å². The first-order valence-electron chi connectivity index (χ1n) is 8.63. The van der Waals surface area contributed by atoms with E-state index in [2.05, 4.69) is 4.74 Å². The van der Waals surface area contributed by atoms with Crippen molar-refractivity contribution in [1.82, 2.24) is 4.31 Å². The molecule has 0 aromatic heterocycles. The number of rotatable bonds is 4. The summed E-state index contributed by atoms with van der Waals surface area (Å²) in [7, 11) is -3.12. The minimum Gasteiger partial charge on any atom is -0.465 e. The fourth-order valence-electron chi connectivity index (χ4n) is 3.46. The molecule has 0 bridgehead atoms. The predicted octanol–water partition coefficient (Wildman–Crippen LogP) is 4.67.